The van der Waals surface area contributed by atoms with Gasteiger partial charge in [-0.3, -0.25) is 0 Å². The number of oxime groups is 1. The first-order valence-corrected chi connectivity index (χ1v) is 5.33. The Morgan fingerprint density at radius 1 is 1.23 bits per heavy atom. The summed E-state index contributed by atoms with van der Waals surface area (Å²) in [5.41, 5.74) is 1.48. The van der Waals surface area contributed by atoms with E-state index in [1.165, 1.54) is 31.4 Å². The zero-order valence-corrected chi connectivity index (χ0v) is 8.84. The molecule has 1 saturated carbocycles. The first kappa shape index (κ1) is 9.04. The summed E-state index contributed by atoms with van der Waals surface area (Å²) in [5.74, 6) is 0.619. The first-order chi connectivity index (χ1) is 6.09. The topological polar surface area (TPSA) is 21.6 Å². The summed E-state index contributed by atoms with van der Waals surface area (Å²) >= 11 is 0. The van der Waals surface area contributed by atoms with E-state index in [-0.39, 0.29) is 5.41 Å². The summed E-state index contributed by atoms with van der Waals surface area (Å²) in [5, 5.41) is 4.27. The van der Waals surface area contributed by atoms with Gasteiger partial charge in [-0.25, -0.2) is 0 Å². The molecule has 74 valence electrons. The Morgan fingerprint density at radius 2 is 1.92 bits per heavy atom. The average Bonchev–Trinajstić information content (AvgIpc) is 2.45. The second kappa shape index (κ2) is 3.00. The molecule has 2 atom stereocenters. The standard InChI is InChI=1S/C11H19NO/c1-11(2,3)10-8-6-4-5-7-9(8)13-12-10/h8-9H,4-7H2,1-3H3/t8-,9+/m1/s1. The third kappa shape index (κ3) is 1.59. The Bertz CT molecular complexity index is 227. The van der Waals surface area contributed by atoms with E-state index in [9.17, 15) is 0 Å². The van der Waals surface area contributed by atoms with E-state index in [0.717, 1.165) is 0 Å². The maximum absolute atomic E-state index is 5.48. The number of fused-ring (bicyclic) bond motifs is 1. The van der Waals surface area contributed by atoms with Gasteiger partial charge in [-0.1, -0.05) is 32.3 Å². The minimum Gasteiger partial charge on any atom is -0.392 e. The highest BCUT2D eigenvalue weighted by molar-refractivity contribution is 5.92. The first-order valence-electron chi connectivity index (χ1n) is 5.33. The van der Waals surface area contributed by atoms with Gasteiger partial charge in [0.15, 0.2) is 0 Å². The van der Waals surface area contributed by atoms with Gasteiger partial charge in [-0.05, 0) is 19.3 Å². The van der Waals surface area contributed by atoms with Crippen molar-refractivity contribution < 1.29 is 4.84 Å². The smallest absolute Gasteiger partial charge is 0.135 e. The Labute approximate surface area is 80.3 Å². The van der Waals surface area contributed by atoms with Gasteiger partial charge in [0.2, 0.25) is 0 Å². The number of hydrogen-bond acceptors (Lipinski definition) is 2. The molecule has 1 heterocycles. The van der Waals surface area contributed by atoms with Crippen LogP contribution in [0.5, 0.6) is 0 Å². The minimum atomic E-state index is 0.191. The van der Waals surface area contributed by atoms with Crippen molar-refractivity contribution in [1.29, 1.82) is 0 Å². The summed E-state index contributed by atoms with van der Waals surface area (Å²) in [6, 6.07) is 0. The lowest BCUT2D eigenvalue weighted by molar-refractivity contribution is 0.0396. The molecule has 0 aromatic rings. The van der Waals surface area contributed by atoms with Crippen molar-refractivity contribution in [2.24, 2.45) is 16.5 Å². The molecule has 2 rings (SSSR count). The van der Waals surface area contributed by atoms with Crippen LogP contribution in [0.25, 0.3) is 0 Å². The van der Waals surface area contributed by atoms with Crippen molar-refractivity contribution in [3.05, 3.63) is 0 Å². The molecule has 0 saturated heterocycles. The second-order valence-corrected chi connectivity index (χ2v) is 5.26. The number of hydrogen-bond donors (Lipinski definition) is 0. The third-order valence-electron chi connectivity index (χ3n) is 3.11. The fourth-order valence-electron chi connectivity index (χ4n) is 2.42. The van der Waals surface area contributed by atoms with E-state index in [1.54, 1.807) is 0 Å². The Hall–Kier alpha value is -0.530. The SMILES string of the molecule is CC(C)(C)C1=NO[C@H]2CCCC[C@@H]12. The monoisotopic (exact) mass is 181 g/mol. The average molecular weight is 181 g/mol. The van der Waals surface area contributed by atoms with Gasteiger partial charge in [0, 0.05) is 11.3 Å². The van der Waals surface area contributed by atoms with Crippen molar-refractivity contribution in [3.8, 4) is 0 Å². The van der Waals surface area contributed by atoms with Gasteiger partial charge in [0.05, 0.1) is 5.71 Å². The third-order valence-corrected chi connectivity index (χ3v) is 3.11. The van der Waals surface area contributed by atoms with E-state index in [4.69, 9.17) is 4.84 Å². The van der Waals surface area contributed by atoms with Crippen LogP contribution in [0, 0.1) is 11.3 Å². The normalized spacial score (nSPS) is 33.6. The van der Waals surface area contributed by atoms with Crippen LogP contribution in [0.15, 0.2) is 5.16 Å². The maximum Gasteiger partial charge on any atom is 0.135 e. The van der Waals surface area contributed by atoms with E-state index in [0.29, 0.717) is 12.0 Å². The van der Waals surface area contributed by atoms with Crippen LogP contribution < -0.4 is 0 Å². The molecular formula is C11H19NO. The fourth-order valence-corrected chi connectivity index (χ4v) is 2.42. The predicted molar refractivity (Wildman–Crippen MR) is 53.7 cm³/mol. The Kier molecular flexibility index (Phi) is 2.09. The van der Waals surface area contributed by atoms with Gasteiger partial charge in [0.25, 0.3) is 0 Å². The Morgan fingerprint density at radius 3 is 2.62 bits per heavy atom. The molecule has 0 amide bonds. The molecule has 0 unspecified atom stereocenters. The fraction of sp³-hybridized carbons (Fsp3) is 0.909. The lowest BCUT2D eigenvalue weighted by Crippen LogP contribution is -2.33. The molecule has 2 heteroatoms. The van der Waals surface area contributed by atoms with Crippen LogP contribution in [0.4, 0.5) is 0 Å². The summed E-state index contributed by atoms with van der Waals surface area (Å²) in [6.07, 6.45) is 5.55. The van der Waals surface area contributed by atoms with Gasteiger partial charge in [0.1, 0.15) is 6.10 Å². The summed E-state index contributed by atoms with van der Waals surface area (Å²) in [7, 11) is 0. The molecule has 0 radical (unpaired) electrons. The highest BCUT2D eigenvalue weighted by atomic mass is 16.6. The van der Waals surface area contributed by atoms with Gasteiger partial charge in [-0.2, -0.15) is 0 Å². The minimum absolute atomic E-state index is 0.191. The molecule has 0 bridgehead atoms. The van der Waals surface area contributed by atoms with Crippen molar-refractivity contribution in [3.63, 3.8) is 0 Å². The molecule has 13 heavy (non-hydrogen) atoms. The number of rotatable bonds is 0. The van der Waals surface area contributed by atoms with E-state index in [2.05, 4.69) is 25.9 Å². The molecule has 2 aliphatic rings. The molecule has 0 aromatic carbocycles. The number of nitrogens with zero attached hydrogens (tertiary/aromatic N) is 1. The van der Waals surface area contributed by atoms with E-state index in [1.807, 2.05) is 0 Å². The maximum atomic E-state index is 5.48. The van der Waals surface area contributed by atoms with Crippen molar-refractivity contribution in [1.82, 2.24) is 0 Å². The van der Waals surface area contributed by atoms with Crippen molar-refractivity contribution >= 4 is 5.71 Å². The molecule has 0 N–H and O–H groups in total. The van der Waals surface area contributed by atoms with Crippen LogP contribution in [-0.4, -0.2) is 11.8 Å². The van der Waals surface area contributed by atoms with Crippen LogP contribution >= 0.6 is 0 Å². The zero-order valence-electron chi connectivity index (χ0n) is 8.84. The zero-order chi connectivity index (χ0) is 9.47. The summed E-state index contributed by atoms with van der Waals surface area (Å²) in [4.78, 5) is 5.48. The molecule has 1 fully saturated rings. The largest absolute Gasteiger partial charge is 0.392 e. The quantitative estimate of drug-likeness (QED) is 0.563. The van der Waals surface area contributed by atoms with Crippen LogP contribution in [0.2, 0.25) is 0 Å². The van der Waals surface area contributed by atoms with Gasteiger partial charge < -0.3 is 4.84 Å². The Balaban J connectivity index is 2.14. The van der Waals surface area contributed by atoms with Crippen LogP contribution in [0.1, 0.15) is 46.5 Å². The highest BCUT2D eigenvalue weighted by Gasteiger charge is 2.40. The lowest BCUT2D eigenvalue weighted by atomic mass is 9.75. The van der Waals surface area contributed by atoms with E-state index >= 15 is 0 Å². The van der Waals surface area contributed by atoms with Crippen LogP contribution in [0.3, 0.4) is 0 Å². The molecule has 1 aliphatic carbocycles. The van der Waals surface area contributed by atoms with Crippen molar-refractivity contribution in [2.75, 3.05) is 0 Å². The molecule has 1 aliphatic heterocycles. The molecule has 0 spiro atoms. The lowest BCUT2D eigenvalue weighted by Gasteiger charge is -2.28. The predicted octanol–water partition coefficient (Wildman–Crippen LogP) is 2.98. The second-order valence-electron chi connectivity index (χ2n) is 5.26. The summed E-state index contributed by atoms with van der Waals surface area (Å²) in [6.45, 7) is 6.69. The highest BCUT2D eigenvalue weighted by Crippen LogP contribution is 2.38. The van der Waals surface area contributed by atoms with Gasteiger partial charge >= 0.3 is 0 Å². The van der Waals surface area contributed by atoms with E-state index < -0.39 is 0 Å². The molecule has 0 aromatic heterocycles. The molecule has 2 nitrogen and oxygen atoms in total. The molecular weight excluding hydrogens is 162 g/mol. The van der Waals surface area contributed by atoms with Crippen LogP contribution in [-0.2, 0) is 4.84 Å². The van der Waals surface area contributed by atoms with Crippen molar-refractivity contribution in [2.45, 2.75) is 52.6 Å². The summed E-state index contributed by atoms with van der Waals surface area (Å²) < 4.78 is 0. The van der Waals surface area contributed by atoms with Gasteiger partial charge in [-0.15, -0.1) is 0 Å².